The first-order chi connectivity index (χ1) is 13.3. The normalized spacial score (nSPS) is 11.4. The summed E-state index contributed by atoms with van der Waals surface area (Å²) in [4.78, 5) is 24.9. The monoisotopic (exact) mass is 417 g/mol. The van der Waals surface area contributed by atoms with Gasteiger partial charge in [-0.1, -0.05) is 30.3 Å². The van der Waals surface area contributed by atoms with Crippen LogP contribution in [0.2, 0.25) is 5.28 Å². The Bertz CT molecular complexity index is 986. The van der Waals surface area contributed by atoms with Crippen LogP contribution in [0.5, 0.6) is 0 Å². The maximum absolute atomic E-state index is 12.5. The molecule has 0 spiro atoms. The van der Waals surface area contributed by atoms with E-state index in [0.717, 1.165) is 16.8 Å². The van der Waals surface area contributed by atoms with E-state index in [-0.39, 0.29) is 23.4 Å². The third-order valence-corrected chi connectivity index (χ3v) is 5.70. The molecular weight excluding hydrogens is 394 g/mol. The van der Waals surface area contributed by atoms with Crippen molar-refractivity contribution >= 4 is 44.9 Å². The predicted octanol–water partition coefficient (Wildman–Crippen LogP) is 5.63. The number of ether oxygens (including phenoxy) is 1. The molecule has 5 nitrogen and oxygen atoms in total. The number of carbonyl (C=O) groups is 1. The van der Waals surface area contributed by atoms with Crippen LogP contribution >= 0.6 is 22.9 Å². The van der Waals surface area contributed by atoms with Crippen LogP contribution in [0.1, 0.15) is 48.5 Å². The molecule has 0 unspecified atom stereocenters. The molecule has 0 fully saturated rings. The lowest BCUT2D eigenvalue weighted by Gasteiger charge is -2.29. The molecule has 0 aliphatic heterocycles. The largest absolute Gasteiger partial charge is 0.459 e. The molecule has 2 heterocycles. The summed E-state index contributed by atoms with van der Waals surface area (Å²) in [7, 11) is 0. The van der Waals surface area contributed by atoms with Gasteiger partial charge in [-0.2, -0.15) is 4.98 Å². The fraction of sp³-hybridized carbons (Fsp3) is 0.381. The van der Waals surface area contributed by atoms with Gasteiger partial charge >= 0.3 is 5.97 Å². The van der Waals surface area contributed by atoms with E-state index >= 15 is 0 Å². The number of rotatable bonds is 6. The van der Waals surface area contributed by atoms with E-state index in [1.165, 1.54) is 16.9 Å². The maximum Gasteiger partial charge on any atom is 0.348 e. The van der Waals surface area contributed by atoms with Gasteiger partial charge < -0.3 is 9.64 Å². The molecule has 28 heavy (non-hydrogen) atoms. The van der Waals surface area contributed by atoms with Crippen molar-refractivity contribution in [3.8, 4) is 0 Å². The van der Waals surface area contributed by atoms with Gasteiger partial charge in [0, 0.05) is 12.6 Å². The Balaban J connectivity index is 2.13. The highest BCUT2D eigenvalue weighted by Gasteiger charge is 2.25. The predicted molar refractivity (Wildman–Crippen MR) is 115 cm³/mol. The molecule has 0 radical (unpaired) electrons. The molecule has 0 amide bonds. The zero-order chi connectivity index (χ0) is 20.4. The fourth-order valence-electron chi connectivity index (χ4n) is 3.04. The van der Waals surface area contributed by atoms with Crippen LogP contribution < -0.4 is 4.90 Å². The molecule has 0 N–H and O–H groups in total. The van der Waals surface area contributed by atoms with Gasteiger partial charge in [-0.05, 0) is 57.3 Å². The molecule has 2 aromatic heterocycles. The van der Waals surface area contributed by atoms with Crippen LogP contribution in [0, 0.1) is 6.92 Å². The summed E-state index contributed by atoms with van der Waals surface area (Å²) in [5, 5.41) is 1.03. The second-order valence-electron chi connectivity index (χ2n) is 7.21. The highest BCUT2D eigenvalue weighted by Crippen LogP contribution is 2.37. The minimum atomic E-state index is -0.336. The third kappa shape index (κ3) is 4.28. The van der Waals surface area contributed by atoms with E-state index < -0.39 is 0 Å². The van der Waals surface area contributed by atoms with Crippen LogP contribution in [0.15, 0.2) is 30.3 Å². The van der Waals surface area contributed by atoms with Crippen molar-refractivity contribution in [1.29, 1.82) is 0 Å². The Morgan fingerprint density at radius 3 is 2.46 bits per heavy atom. The van der Waals surface area contributed by atoms with Crippen LogP contribution in [0.4, 0.5) is 5.82 Å². The van der Waals surface area contributed by atoms with Gasteiger partial charge in [0.2, 0.25) is 5.28 Å². The van der Waals surface area contributed by atoms with Gasteiger partial charge in [0.25, 0.3) is 0 Å². The zero-order valence-electron chi connectivity index (χ0n) is 16.7. The van der Waals surface area contributed by atoms with Crippen molar-refractivity contribution in [1.82, 2.24) is 9.97 Å². The van der Waals surface area contributed by atoms with Crippen LogP contribution in [-0.4, -0.2) is 28.1 Å². The number of hydrogen-bond donors (Lipinski definition) is 0. The number of hydrogen-bond acceptors (Lipinski definition) is 6. The molecule has 0 aliphatic rings. The molecule has 7 heteroatoms. The first kappa shape index (κ1) is 20.6. The summed E-state index contributed by atoms with van der Waals surface area (Å²) < 4.78 is 5.40. The molecule has 3 rings (SSSR count). The topological polar surface area (TPSA) is 55.3 Å². The van der Waals surface area contributed by atoms with E-state index in [2.05, 4.69) is 40.8 Å². The number of aromatic nitrogens is 2. The molecule has 0 atom stereocenters. The average Bonchev–Trinajstić information content (AvgIpc) is 2.96. The highest BCUT2D eigenvalue weighted by molar-refractivity contribution is 7.20. The number of nitrogens with zero attached hydrogens (tertiary/aromatic N) is 3. The minimum Gasteiger partial charge on any atom is -0.459 e. The Kier molecular flexibility index (Phi) is 6.20. The van der Waals surface area contributed by atoms with Crippen molar-refractivity contribution < 1.29 is 9.53 Å². The summed E-state index contributed by atoms with van der Waals surface area (Å²) in [6, 6.07) is 10.4. The number of esters is 1. The number of aryl methyl sites for hydroxylation is 1. The second-order valence-corrected chi connectivity index (χ2v) is 8.55. The Morgan fingerprint density at radius 1 is 1.18 bits per heavy atom. The molecular formula is C21H24ClN3O2S. The van der Waals surface area contributed by atoms with Gasteiger partial charge in [0.15, 0.2) is 0 Å². The lowest BCUT2D eigenvalue weighted by molar-refractivity contribution is 0.0383. The van der Waals surface area contributed by atoms with E-state index in [0.29, 0.717) is 16.3 Å². The van der Waals surface area contributed by atoms with Crippen molar-refractivity contribution in [2.24, 2.45) is 0 Å². The Morgan fingerprint density at radius 2 is 1.86 bits per heavy atom. The fourth-order valence-corrected chi connectivity index (χ4v) is 4.32. The second kappa shape index (κ2) is 8.45. The molecule has 3 aromatic rings. The van der Waals surface area contributed by atoms with Crippen LogP contribution in [0.3, 0.4) is 0 Å². The van der Waals surface area contributed by atoms with E-state index in [1.54, 1.807) is 0 Å². The molecule has 148 valence electrons. The van der Waals surface area contributed by atoms with Gasteiger partial charge in [-0.3, -0.25) is 0 Å². The van der Waals surface area contributed by atoms with Crippen molar-refractivity contribution in [2.75, 3.05) is 4.90 Å². The number of benzene rings is 1. The average molecular weight is 418 g/mol. The highest BCUT2D eigenvalue weighted by atomic mass is 35.5. The van der Waals surface area contributed by atoms with E-state index in [1.807, 2.05) is 39.0 Å². The van der Waals surface area contributed by atoms with Crippen molar-refractivity contribution in [3.05, 3.63) is 51.6 Å². The van der Waals surface area contributed by atoms with Gasteiger partial charge in [-0.15, -0.1) is 11.3 Å². The molecule has 0 saturated carbocycles. The molecule has 0 saturated heterocycles. The van der Waals surface area contributed by atoms with E-state index in [9.17, 15) is 4.79 Å². The van der Waals surface area contributed by atoms with Crippen LogP contribution in [0.25, 0.3) is 10.2 Å². The first-order valence-corrected chi connectivity index (χ1v) is 10.5. The maximum atomic E-state index is 12.5. The van der Waals surface area contributed by atoms with Gasteiger partial charge in [-0.25, -0.2) is 9.78 Å². The summed E-state index contributed by atoms with van der Waals surface area (Å²) in [5.41, 5.74) is 2.00. The number of anilines is 1. The van der Waals surface area contributed by atoms with Crippen molar-refractivity contribution in [3.63, 3.8) is 0 Å². The third-order valence-electron chi connectivity index (χ3n) is 4.36. The number of carbonyl (C=O) groups excluding carboxylic acids is 1. The first-order valence-electron chi connectivity index (χ1n) is 9.26. The quantitative estimate of drug-likeness (QED) is 0.384. The molecule has 0 aliphatic carbocycles. The molecule has 1 aromatic carbocycles. The Hall–Kier alpha value is -2.18. The SMILES string of the molecule is Cc1c(C(=O)OC(C)C)sc2nc(Cl)nc(N(Cc3ccccc3)C(C)C)c12. The summed E-state index contributed by atoms with van der Waals surface area (Å²) in [6.07, 6.45) is -0.184. The van der Waals surface area contributed by atoms with E-state index in [4.69, 9.17) is 16.3 Å². The lowest BCUT2D eigenvalue weighted by Crippen LogP contribution is -2.31. The lowest BCUT2D eigenvalue weighted by atomic mass is 10.1. The smallest absolute Gasteiger partial charge is 0.348 e. The number of thiophene rings is 1. The Labute approximate surface area is 174 Å². The van der Waals surface area contributed by atoms with Gasteiger partial charge in [0.05, 0.1) is 11.5 Å². The zero-order valence-corrected chi connectivity index (χ0v) is 18.3. The summed E-state index contributed by atoms with van der Waals surface area (Å²) in [5.74, 6) is 0.405. The van der Waals surface area contributed by atoms with Gasteiger partial charge in [0.1, 0.15) is 15.5 Å². The number of fused-ring (bicyclic) bond motifs is 1. The van der Waals surface area contributed by atoms with Crippen molar-refractivity contribution in [2.45, 2.75) is 53.3 Å². The standard InChI is InChI=1S/C21H24ClN3O2S/c1-12(2)25(11-15-9-7-6-8-10-15)18-16-14(5)17(20(26)27-13(3)4)28-19(16)24-21(22)23-18/h6-10,12-13H,11H2,1-5H3. The van der Waals surface area contributed by atoms with Crippen LogP contribution in [-0.2, 0) is 11.3 Å². The molecule has 0 bridgehead atoms. The number of halogens is 1. The summed E-state index contributed by atoms with van der Waals surface area (Å²) in [6.45, 7) is 10.5. The minimum absolute atomic E-state index is 0.172. The summed E-state index contributed by atoms with van der Waals surface area (Å²) >= 11 is 7.54.